The zero-order valence-corrected chi connectivity index (χ0v) is 5.92. The molecular formula is C6H14N2O2. The van der Waals surface area contributed by atoms with Gasteiger partial charge in [0.25, 0.3) is 0 Å². The van der Waals surface area contributed by atoms with Crippen molar-refractivity contribution in [1.29, 1.82) is 0 Å². The minimum Gasteiger partial charge on any atom is -0.480 e. The van der Waals surface area contributed by atoms with Crippen LogP contribution in [-0.2, 0) is 4.79 Å². The van der Waals surface area contributed by atoms with Gasteiger partial charge in [0.15, 0.2) is 0 Å². The summed E-state index contributed by atoms with van der Waals surface area (Å²) in [6.45, 7) is 0.604. The van der Waals surface area contributed by atoms with Crippen LogP contribution in [0.3, 0.4) is 0 Å². The van der Waals surface area contributed by atoms with Crippen molar-refractivity contribution in [3.63, 3.8) is 0 Å². The van der Waals surface area contributed by atoms with Crippen molar-refractivity contribution in [2.24, 2.45) is 11.5 Å². The molecule has 0 aromatic rings. The lowest BCUT2D eigenvalue weighted by Crippen LogP contribution is -2.29. The molecule has 4 heteroatoms. The lowest BCUT2D eigenvalue weighted by atomic mass is 10.2. The van der Waals surface area contributed by atoms with Gasteiger partial charge >= 0.3 is 5.97 Å². The molecule has 0 spiro atoms. The van der Waals surface area contributed by atoms with Crippen LogP contribution in [0, 0.1) is 0 Å². The zero-order valence-electron chi connectivity index (χ0n) is 5.92. The van der Waals surface area contributed by atoms with Crippen LogP contribution in [0.2, 0.25) is 0 Å². The van der Waals surface area contributed by atoms with E-state index in [4.69, 9.17) is 16.6 Å². The number of unbranched alkanes of at least 4 members (excludes halogenated alkanes) is 1. The number of carboxylic acid groups (broad SMARTS) is 1. The molecule has 0 aliphatic heterocycles. The highest BCUT2D eigenvalue weighted by atomic mass is 16.6. The molecule has 0 bridgehead atoms. The van der Waals surface area contributed by atoms with Crippen molar-refractivity contribution >= 4 is 5.97 Å². The minimum atomic E-state index is -0.933. The first-order valence-electron chi connectivity index (χ1n) is 3.37. The highest BCUT2D eigenvalue weighted by Crippen LogP contribution is 1.96. The second-order valence-corrected chi connectivity index (χ2v) is 2.23. The van der Waals surface area contributed by atoms with Gasteiger partial charge < -0.3 is 16.6 Å². The molecule has 10 heavy (non-hydrogen) atoms. The average Bonchev–Trinajstić information content (AvgIpc) is 1.88. The fraction of sp³-hybridized carbons (Fsp3) is 0.833. The zero-order chi connectivity index (χ0) is 7.98. The third-order valence-electron chi connectivity index (χ3n) is 1.29. The molecule has 0 saturated heterocycles. The lowest BCUT2D eigenvalue weighted by Gasteiger charge is -2.03. The van der Waals surface area contributed by atoms with Crippen LogP contribution in [0.4, 0.5) is 0 Å². The fourth-order valence-corrected chi connectivity index (χ4v) is 0.632. The van der Waals surface area contributed by atoms with E-state index in [0.717, 1.165) is 12.8 Å². The number of hydrogen-bond donors (Lipinski definition) is 3. The van der Waals surface area contributed by atoms with Crippen molar-refractivity contribution in [2.75, 3.05) is 6.54 Å². The van der Waals surface area contributed by atoms with E-state index in [1.165, 1.54) is 0 Å². The van der Waals surface area contributed by atoms with Crippen LogP contribution in [0.15, 0.2) is 0 Å². The molecule has 0 heterocycles. The number of carboxylic acids is 1. The first-order chi connectivity index (χ1) is 4.68. The van der Waals surface area contributed by atoms with Crippen LogP contribution >= 0.6 is 0 Å². The molecule has 0 radical (unpaired) electrons. The van der Waals surface area contributed by atoms with Crippen LogP contribution < -0.4 is 11.5 Å². The molecule has 5 N–H and O–H groups in total. The van der Waals surface area contributed by atoms with E-state index in [2.05, 4.69) is 0 Å². The van der Waals surface area contributed by atoms with Crippen LogP contribution in [0.25, 0.3) is 0 Å². The third-order valence-corrected chi connectivity index (χ3v) is 1.29. The molecule has 0 unspecified atom stereocenters. The number of aliphatic carboxylic acids is 1. The van der Waals surface area contributed by atoms with Crippen molar-refractivity contribution in [3.8, 4) is 0 Å². The minimum absolute atomic E-state index is 0.520. The average molecular weight is 148 g/mol. The number of hydrogen-bond acceptors (Lipinski definition) is 3. The predicted molar refractivity (Wildman–Crippen MR) is 38.5 cm³/mol. The molecular weight excluding hydrogens is 134 g/mol. The highest BCUT2D eigenvalue weighted by Gasteiger charge is 2.09. The Bertz CT molecular complexity index is 106. The molecule has 0 saturated carbocycles. The monoisotopic (exact) mass is 148 g/mol. The van der Waals surface area contributed by atoms with Crippen molar-refractivity contribution in [2.45, 2.75) is 25.3 Å². The Labute approximate surface area is 60.2 Å². The normalized spacial score (nSPS) is 13.0. The second-order valence-electron chi connectivity index (χ2n) is 2.23. The Morgan fingerprint density at radius 2 is 2.10 bits per heavy atom. The topological polar surface area (TPSA) is 89.3 Å². The van der Waals surface area contributed by atoms with E-state index < -0.39 is 12.0 Å². The largest absolute Gasteiger partial charge is 0.480 e. The van der Waals surface area contributed by atoms with Gasteiger partial charge in [-0.05, 0) is 19.4 Å². The molecule has 0 amide bonds. The van der Waals surface area contributed by atoms with Crippen LogP contribution in [0.1, 0.15) is 19.3 Å². The first kappa shape index (κ1) is 9.39. The van der Waals surface area contributed by atoms with E-state index in [1.807, 2.05) is 0 Å². The molecule has 0 aliphatic carbocycles. The third kappa shape index (κ3) is 4.29. The van der Waals surface area contributed by atoms with Crippen molar-refractivity contribution in [1.82, 2.24) is 0 Å². The van der Waals surface area contributed by atoms with Crippen molar-refractivity contribution < 1.29 is 9.90 Å². The van der Waals surface area contributed by atoms with Gasteiger partial charge in [0.2, 0.25) is 0 Å². The quantitative estimate of drug-likeness (QED) is 0.460. The molecule has 0 rings (SSSR count). The summed E-state index contributed by atoms with van der Waals surface area (Å²) in [5, 5.41) is 8.33. The van der Waals surface area contributed by atoms with E-state index in [0.29, 0.717) is 13.0 Å². The van der Waals surface area contributed by atoms with Crippen LogP contribution in [-0.4, -0.2) is 23.7 Å². The predicted octanol–water partition coefficient (Wildman–Crippen LogP) is -0.473. The molecule has 0 aliphatic rings. The highest BCUT2D eigenvalue weighted by molar-refractivity contribution is 5.72. The summed E-state index contributed by atoms with van der Waals surface area (Å²) in [7, 11) is 0. The molecule has 1 atom stereocenters. The summed E-state index contributed by atoms with van der Waals surface area (Å²) in [6.07, 6.45) is 2.16. The Morgan fingerprint density at radius 3 is 2.50 bits per heavy atom. The maximum atomic E-state index is 10.1. The number of rotatable bonds is 5. The number of nitrogens with two attached hydrogens (primary N) is 2. The maximum Gasteiger partial charge on any atom is 0.320 e. The van der Waals surface area contributed by atoms with Gasteiger partial charge in [0.05, 0.1) is 0 Å². The molecule has 60 valence electrons. The first-order valence-corrected chi connectivity index (χ1v) is 3.37. The SMILES string of the molecule is NCCCC[C@H](N)[14C](=O)O. The summed E-state index contributed by atoms with van der Waals surface area (Å²) in [6, 6.07) is -0.716. The van der Waals surface area contributed by atoms with E-state index >= 15 is 0 Å². The van der Waals surface area contributed by atoms with Gasteiger partial charge in [-0.25, -0.2) is 0 Å². The van der Waals surface area contributed by atoms with Gasteiger partial charge in [-0.1, -0.05) is 6.42 Å². The Kier molecular flexibility index (Phi) is 4.88. The Hall–Kier alpha value is -0.610. The number of carbonyl (C=O) groups is 1. The van der Waals surface area contributed by atoms with Gasteiger partial charge in [-0.15, -0.1) is 0 Å². The smallest absolute Gasteiger partial charge is 0.320 e. The van der Waals surface area contributed by atoms with Crippen LogP contribution in [0.5, 0.6) is 0 Å². The van der Waals surface area contributed by atoms with Gasteiger partial charge in [0.1, 0.15) is 6.04 Å². The fourth-order valence-electron chi connectivity index (χ4n) is 0.632. The van der Waals surface area contributed by atoms with E-state index in [1.54, 1.807) is 0 Å². The summed E-state index contributed by atoms with van der Waals surface area (Å²) in [4.78, 5) is 10.1. The summed E-state index contributed by atoms with van der Waals surface area (Å²) < 4.78 is 0. The van der Waals surface area contributed by atoms with Gasteiger partial charge in [0, 0.05) is 0 Å². The Balaban J connectivity index is 3.21. The van der Waals surface area contributed by atoms with Gasteiger partial charge in [-0.2, -0.15) is 0 Å². The molecule has 4 nitrogen and oxygen atoms in total. The maximum absolute atomic E-state index is 10.1. The molecule has 0 aromatic heterocycles. The second kappa shape index (κ2) is 5.20. The van der Waals surface area contributed by atoms with E-state index in [-0.39, 0.29) is 0 Å². The van der Waals surface area contributed by atoms with E-state index in [9.17, 15) is 4.79 Å². The molecule has 0 fully saturated rings. The molecule has 0 aromatic carbocycles. The summed E-state index contributed by atoms with van der Waals surface area (Å²) in [5.74, 6) is -0.933. The standard InChI is InChI=1S/C6H14N2O2/c7-4-2-1-3-5(8)6(9)10/h5H,1-4,7-8H2,(H,9,10)/t5-/m0/s1/i6+2. The summed E-state index contributed by atoms with van der Waals surface area (Å²) in [5.41, 5.74) is 10.4. The van der Waals surface area contributed by atoms with Gasteiger partial charge in [-0.3, -0.25) is 4.79 Å². The Morgan fingerprint density at radius 1 is 1.50 bits per heavy atom. The lowest BCUT2D eigenvalue weighted by molar-refractivity contribution is -0.138. The summed E-state index contributed by atoms with van der Waals surface area (Å²) >= 11 is 0. The van der Waals surface area contributed by atoms with Crippen molar-refractivity contribution in [3.05, 3.63) is 0 Å².